The van der Waals surface area contributed by atoms with Crippen molar-refractivity contribution < 1.29 is 4.74 Å². The maximum atomic E-state index is 5.22. The first-order chi connectivity index (χ1) is 7.76. The van der Waals surface area contributed by atoms with E-state index in [4.69, 9.17) is 4.74 Å². The van der Waals surface area contributed by atoms with E-state index in [1.54, 1.807) is 0 Å². The van der Waals surface area contributed by atoms with Crippen LogP contribution in [0.3, 0.4) is 0 Å². The molecule has 0 heterocycles. The summed E-state index contributed by atoms with van der Waals surface area (Å²) in [6, 6.07) is 0. The van der Waals surface area contributed by atoms with Gasteiger partial charge in [-0.15, -0.1) is 0 Å². The summed E-state index contributed by atoms with van der Waals surface area (Å²) >= 11 is 0. The second kappa shape index (κ2) is 7.29. The topological polar surface area (TPSA) is 21.3 Å². The largest absolute Gasteiger partial charge is 0.385 e. The van der Waals surface area contributed by atoms with Crippen LogP contribution in [0.2, 0.25) is 0 Å². The van der Waals surface area contributed by atoms with Crippen molar-refractivity contribution in [1.29, 1.82) is 0 Å². The highest BCUT2D eigenvalue weighted by atomic mass is 16.5. The second-order valence-electron chi connectivity index (χ2n) is 5.41. The first-order valence-electron chi connectivity index (χ1n) is 6.96. The molecule has 1 fully saturated rings. The molecule has 0 bridgehead atoms. The Morgan fingerprint density at radius 3 is 2.38 bits per heavy atom. The maximum absolute atomic E-state index is 5.22. The maximum Gasteiger partial charge on any atom is 0.0468 e. The summed E-state index contributed by atoms with van der Waals surface area (Å²) in [6.07, 6.45) is 8.04. The van der Waals surface area contributed by atoms with E-state index in [9.17, 15) is 0 Å². The predicted octanol–water partition coefficient (Wildman–Crippen LogP) is 3.22. The third kappa shape index (κ3) is 4.06. The van der Waals surface area contributed by atoms with Gasteiger partial charge in [0.1, 0.15) is 0 Å². The molecule has 0 saturated heterocycles. The molecule has 16 heavy (non-hydrogen) atoms. The molecule has 0 aromatic heterocycles. The molecule has 0 aromatic rings. The van der Waals surface area contributed by atoms with Crippen LogP contribution in [0.5, 0.6) is 0 Å². The number of hydrogen-bond donors (Lipinski definition) is 1. The summed E-state index contributed by atoms with van der Waals surface area (Å²) in [5, 5.41) is 3.68. The van der Waals surface area contributed by atoms with Crippen LogP contribution in [0.15, 0.2) is 0 Å². The smallest absolute Gasteiger partial charge is 0.0468 e. The summed E-state index contributed by atoms with van der Waals surface area (Å²) in [5.74, 6) is 0.861. The molecule has 0 atom stereocenters. The van der Waals surface area contributed by atoms with Crippen molar-refractivity contribution in [2.75, 3.05) is 26.8 Å². The lowest BCUT2D eigenvalue weighted by Gasteiger charge is -2.42. The summed E-state index contributed by atoms with van der Waals surface area (Å²) in [5.41, 5.74) is 0.571. The van der Waals surface area contributed by atoms with Gasteiger partial charge in [0.15, 0.2) is 0 Å². The molecule has 1 N–H and O–H groups in total. The molecule has 1 rings (SSSR count). The van der Waals surface area contributed by atoms with Crippen LogP contribution in [0.1, 0.15) is 52.4 Å². The molecule has 1 aliphatic carbocycles. The van der Waals surface area contributed by atoms with Crippen molar-refractivity contribution in [1.82, 2.24) is 5.32 Å². The van der Waals surface area contributed by atoms with Gasteiger partial charge >= 0.3 is 0 Å². The molecule has 2 heteroatoms. The van der Waals surface area contributed by atoms with E-state index >= 15 is 0 Å². The molecule has 0 spiro atoms. The standard InChI is InChI=1S/C14H29NO/c1-4-13(5-2)11-15-12-14(7-6-8-14)9-10-16-3/h13,15H,4-12H2,1-3H3. The van der Waals surface area contributed by atoms with Crippen LogP contribution < -0.4 is 5.32 Å². The molecule has 96 valence electrons. The molecular weight excluding hydrogens is 198 g/mol. The van der Waals surface area contributed by atoms with E-state index in [-0.39, 0.29) is 0 Å². The number of nitrogens with one attached hydrogen (secondary N) is 1. The molecular formula is C14H29NO. The number of methoxy groups -OCH3 is 1. The quantitative estimate of drug-likeness (QED) is 0.653. The van der Waals surface area contributed by atoms with Crippen molar-refractivity contribution in [2.24, 2.45) is 11.3 Å². The second-order valence-corrected chi connectivity index (χ2v) is 5.41. The van der Waals surface area contributed by atoms with Crippen LogP contribution >= 0.6 is 0 Å². The number of rotatable bonds is 9. The van der Waals surface area contributed by atoms with E-state index in [2.05, 4.69) is 19.2 Å². The van der Waals surface area contributed by atoms with Crippen LogP contribution in [0.25, 0.3) is 0 Å². The Hall–Kier alpha value is -0.0800. The van der Waals surface area contributed by atoms with E-state index in [0.717, 1.165) is 12.5 Å². The van der Waals surface area contributed by atoms with Crippen LogP contribution in [-0.2, 0) is 4.74 Å². The van der Waals surface area contributed by atoms with Crippen molar-refractivity contribution in [2.45, 2.75) is 52.4 Å². The summed E-state index contributed by atoms with van der Waals surface area (Å²) in [7, 11) is 1.81. The third-order valence-corrected chi connectivity index (χ3v) is 4.34. The van der Waals surface area contributed by atoms with Crippen molar-refractivity contribution >= 4 is 0 Å². The molecule has 0 unspecified atom stereocenters. The molecule has 2 nitrogen and oxygen atoms in total. The highest BCUT2D eigenvalue weighted by Crippen LogP contribution is 2.43. The lowest BCUT2D eigenvalue weighted by atomic mass is 9.66. The van der Waals surface area contributed by atoms with Gasteiger partial charge in [-0.3, -0.25) is 0 Å². The van der Waals surface area contributed by atoms with E-state index in [1.165, 1.54) is 51.6 Å². The van der Waals surface area contributed by atoms with Gasteiger partial charge in [-0.2, -0.15) is 0 Å². The summed E-state index contributed by atoms with van der Waals surface area (Å²) < 4.78 is 5.22. The van der Waals surface area contributed by atoms with Gasteiger partial charge in [0.2, 0.25) is 0 Å². The highest BCUT2D eigenvalue weighted by molar-refractivity contribution is 4.89. The number of ether oxygens (including phenoxy) is 1. The molecule has 0 amide bonds. The zero-order valence-electron chi connectivity index (χ0n) is 11.3. The van der Waals surface area contributed by atoms with E-state index in [1.807, 2.05) is 7.11 Å². The average molecular weight is 227 g/mol. The summed E-state index contributed by atoms with van der Waals surface area (Å²) in [6.45, 7) is 7.90. The van der Waals surface area contributed by atoms with Crippen molar-refractivity contribution in [3.63, 3.8) is 0 Å². The fourth-order valence-electron chi connectivity index (χ4n) is 2.63. The van der Waals surface area contributed by atoms with Gasteiger partial charge in [0, 0.05) is 20.3 Å². The average Bonchev–Trinajstić information content (AvgIpc) is 2.26. The fraction of sp³-hybridized carbons (Fsp3) is 1.00. The first-order valence-corrected chi connectivity index (χ1v) is 6.96. The third-order valence-electron chi connectivity index (χ3n) is 4.34. The van der Waals surface area contributed by atoms with Crippen LogP contribution in [0.4, 0.5) is 0 Å². The normalized spacial score (nSPS) is 18.8. The van der Waals surface area contributed by atoms with E-state index in [0.29, 0.717) is 5.41 Å². The molecule has 0 aliphatic heterocycles. The number of hydrogen-bond acceptors (Lipinski definition) is 2. The molecule has 0 radical (unpaired) electrons. The fourth-order valence-corrected chi connectivity index (χ4v) is 2.63. The minimum atomic E-state index is 0.571. The highest BCUT2D eigenvalue weighted by Gasteiger charge is 2.35. The lowest BCUT2D eigenvalue weighted by Crippen LogP contribution is -2.42. The van der Waals surface area contributed by atoms with Gasteiger partial charge in [0.05, 0.1) is 0 Å². The van der Waals surface area contributed by atoms with Crippen LogP contribution in [0, 0.1) is 11.3 Å². The Morgan fingerprint density at radius 2 is 1.94 bits per heavy atom. The van der Waals surface area contributed by atoms with Gasteiger partial charge < -0.3 is 10.1 Å². The monoisotopic (exact) mass is 227 g/mol. The Morgan fingerprint density at radius 1 is 1.25 bits per heavy atom. The van der Waals surface area contributed by atoms with Gasteiger partial charge in [-0.25, -0.2) is 0 Å². The van der Waals surface area contributed by atoms with Crippen LogP contribution in [-0.4, -0.2) is 26.8 Å². The first kappa shape index (κ1) is 14.0. The van der Waals surface area contributed by atoms with Crippen molar-refractivity contribution in [3.8, 4) is 0 Å². The lowest BCUT2D eigenvalue weighted by molar-refractivity contribution is 0.0682. The molecule has 1 aliphatic rings. The zero-order chi connectivity index (χ0) is 11.9. The Bertz CT molecular complexity index is 174. The van der Waals surface area contributed by atoms with Gasteiger partial charge in [0.25, 0.3) is 0 Å². The van der Waals surface area contributed by atoms with Crippen molar-refractivity contribution in [3.05, 3.63) is 0 Å². The Balaban J connectivity index is 2.18. The Labute approximate surface area is 101 Å². The summed E-state index contributed by atoms with van der Waals surface area (Å²) in [4.78, 5) is 0. The molecule has 1 saturated carbocycles. The Kier molecular flexibility index (Phi) is 6.37. The molecule has 0 aromatic carbocycles. The van der Waals surface area contributed by atoms with Gasteiger partial charge in [-0.05, 0) is 37.1 Å². The minimum absolute atomic E-state index is 0.571. The predicted molar refractivity (Wildman–Crippen MR) is 69.7 cm³/mol. The van der Waals surface area contributed by atoms with Gasteiger partial charge in [-0.1, -0.05) is 33.1 Å². The minimum Gasteiger partial charge on any atom is -0.385 e. The van der Waals surface area contributed by atoms with E-state index < -0.39 is 0 Å². The SMILES string of the molecule is CCC(CC)CNCC1(CCOC)CCC1. The zero-order valence-corrected chi connectivity index (χ0v) is 11.3.